The summed E-state index contributed by atoms with van der Waals surface area (Å²) in [5.41, 5.74) is 0. The van der Waals surface area contributed by atoms with E-state index >= 15 is 0 Å². The lowest BCUT2D eigenvalue weighted by molar-refractivity contribution is -0.138. The van der Waals surface area contributed by atoms with E-state index in [0.29, 0.717) is 12.4 Å². The van der Waals surface area contributed by atoms with E-state index in [9.17, 15) is 9.59 Å². The summed E-state index contributed by atoms with van der Waals surface area (Å²) >= 11 is 0. The quantitative estimate of drug-likeness (QED) is 0.749. The van der Waals surface area contributed by atoms with Gasteiger partial charge in [-0.15, -0.1) is 0 Å². The lowest BCUT2D eigenvalue weighted by Gasteiger charge is -2.29. The van der Waals surface area contributed by atoms with Gasteiger partial charge in [-0.25, -0.2) is 0 Å². The van der Waals surface area contributed by atoms with Gasteiger partial charge >= 0.3 is 0 Å². The first kappa shape index (κ1) is 18.8. The molecule has 2 amide bonds. The monoisotopic (exact) mass is 364 g/mol. The minimum atomic E-state index is -0.239. The van der Waals surface area contributed by atoms with Crippen LogP contribution in [0.5, 0.6) is 0 Å². The van der Waals surface area contributed by atoms with Crippen molar-refractivity contribution >= 4 is 17.6 Å². The molecule has 1 aliphatic carbocycles. The van der Waals surface area contributed by atoms with Gasteiger partial charge in [0.25, 0.3) is 0 Å². The third kappa shape index (κ3) is 5.54. The summed E-state index contributed by atoms with van der Waals surface area (Å²) in [5, 5.41) is 6.35. The van der Waals surface area contributed by atoms with Crippen LogP contribution in [0.15, 0.2) is 16.9 Å². The number of hydrogen-bond donors (Lipinski definition) is 1. The number of anilines is 1. The molecule has 1 N–H and O–H groups in total. The fraction of sp³-hybridized carbons (Fsp3) is 0.722. The molecule has 8 heteroatoms. The van der Waals surface area contributed by atoms with Crippen molar-refractivity contribution in [1.82, 2.24) is 15.0 Å². The first-order valence-electron chi connectivity index (χ1n) is 9.51. The molecule has 1 saturated heterocycles. The highest BCUT2D eigenvalue weighted by Crippen LogP contribution is 2.26. The first-order valence-corrected chi connectivity index (χ1v) is 9.51. The Hall–Kier alpha value is -1.93. The molecule has 0 radical (unpaired) electrons. The van der Waals surface area contributed by atoms with Crippen LogP contribution in [0, 0.1) is 5.92 Å². The van der Waals surface area contributed by atoms with Crippen molar-refractivity contribution in [3.63, 3.8) is 0 Å². The molecule has 1 aliphatic heterocycles. The molecular weight excluding hydrogens is 336 g/mol. The summed E-state index contributed by atoms with van der Waals surface area (Å²) in [7, 11) is 0. The lowest BCUT2D eigenvalue weighted by Crippen LogP contribution is -2.43. The van der Waals surface area contributed by atoms with Gasteiger partial charge in [0.15, 0.2) is 5.82 Å². The number of hydrogen-bond acceptors (Lipinski definition) is 6. The largest absolute Gasteiger partial charge is 0.379 e. The van der Waals surface area contributed by atoms with Gasteiger partial charge in [-0.3, -0.25) is 14.5 Å². The van der Waals surface area contributed by atoms with Gasteiger partial charge in [0.05, 0.1) is 19.8 Å². The molecule has 144 valence electrons. The van der Waals surface area contributed by atoms with E-state index in [2.05, 4.69) is 15.4 Å². The summed E-state index contributed by atoms with van der Waals surface area (Å²) in [5.74, 6) is 0.311. The predicted molar refractivity (Wildman–Crippen MR) is 95.5 cm³/mol. The van der Waals surface area contributed by atoms with Gasteiger partial charge in [0, 0.05) is 38.2 Å². The van der Waals surface area contributed by atoms with E-state index in [1.54, 1.807) is 11.0 Å². The highest BCUT2D eigenvalue weighted by molar-refractivity contribution is 5.94. The number of carbonyl (C=O) groups is 2. The Labute approximate surface area is 153 Å². The van der Waals surface area contributed by atoms with E-state index in [1.165, 1.54) is 6.26 Å². The molecule has 1 aromatic rings. The van der Waals surface area contributed by atoms with E-state index in [-0.39, 0.29) is 24.3 Å². The van der Waals surface area contributed by atoms with Crippen LogP contribution in [0.2, 0.25) is 0 Å². The van der Waals surface area contributed by atoms with Gasteiger partial charge in [-0.05, 0) is 19.3 Å². The van der Waals surface area contributed by atoms with Crippen molar-refractivity contribution in [3.8, 4) is 0 Å². The van der Waals surface area contributed by atoms with Gasteiger partial charge in [-0.1, -0.05) is 18.0 Å². The van der Waals surface area contributed by atoms with Crippen LogP contribution in [0.3, 0.4) is 0 Å². The van der Waals surface area contributed by atoms with Gasteiger partial charge in [0.2, 0.25) is 11.8 Å². The SMILES string of the molecule is O=C(CN(CCCN1CCOCC1)C(=O)C1CCCC1)Nc1ccon1. The molecule has 2 fully saturated rings. The summed E-state index contributed by atoms with van der Waals surface area (Å²) in [6.07, 6.45) is 6.33. The molecule has 0 atom stereocenters. The Balaban J connectivity index is 1.51. The molecule has 0 unspecified atom stereocenters. The Morgan fingerprint density at radius 2 is 2.04 bits per heavy atom. The van der Waals surface area contributed by atoms with Crippen LogP contribution in [0.4, 0.5) is 5.82 Å². The Bertz CT molecular complexity index is 566. The fourth-order valence-electron chi connectivity index (χ4n) is 3.64. The van der Waals surface area contributed by atoms with Crippen LogP contribution < -0.4 is 5.32 Å². The fourth-order valence-corrected chi connectivity index (χ4v) is 3.64. The number of aromatic nitrogens is 1. The van der Waals surface area contributed by atoms with Crippen LogP contribution in [0.25, 0.3) is 0 Å². The Morgan fingerprint density at radius 3 is 2.73 bits per heavy atom. The average molecular weight is 364 g/mol. The number of nitrogens with zero attached hydrogens (tertiary/aromatic N) is 3. The maximum atomic E-state index is 12.8. The van der Waals surface area contributed by atoms with E-state index in [4.69, 9.17) is 9.26 Å². The molecule has 2 heterocycles. The highest BCUT2D eigenvalue weighted by atomic mass is 16.5. The zero-order valence-electron chi connectivity index (χ0n) is 15.2. The third-order valence-electron chi connectivity index (χ3n) is 5.06. The van der Waals surface area contributed by atoms with E-state index in [0.717, 1.165) is 65.0 Å². The Morgan fingerprint density at radius 1 is 1.27 bits per heavy atom. The standard InChI is InChI=1S/C18H28N4O4/c23-17(19-16-6-11-26-20-16)14-22(18(24)15-4-1-2-5-15)8-3-7-21-9-12-25-13-10-21/h6,11,15H,1-5,7-10,12-14H2,(H,19,20,23). The lowest BCUT2D eigenvalue weighted by atomic mass is 10.1. The normalized spacial score (nSPS) is 18.8. The maximum absolute atomic E-state index is 12.8. The number of nitrogens with one attached hydrogen (secondary N) is 1. The molecule has 2 aliphatic rings. The first-order chi connectivity index (χ1) is 12.7. The minimum absolute atomic E-state index is 0.0608. The summed E-state index contributed by atoms with van der Waals surface area (Å²) in [4.78, 5) is 29.2. The summed E-state index contributed by atoms with van der Waals surface area (Å²) in [6, 6.07) is 1.58. The van der Waals surface area contributed by atoms with Crippen molar-refractivity contribution in [3.05, 3.63) is 12.3 Å². The number of amides is 2. The number of ether oxygens (including phenoxy) is 1. The molecule has 1 aromatic heterocycles. The number of carbonyl (C=O) groups excluding carboxylic acids is 2. The van der Waals surface area contributed by atoms with Gasteiger partial charge in [-0.2, -0.15) is 0 Å². The smallest absolute Gasteiger partial charge is 0.245 e. The summed E-state index contributed by atoms with van der Waals surface area (Å²) in [6.45, 7) is 4.98. The van der Waals surface area contributed by atoms with Crippen LogP contribution in [-0.4, -0.2) is 72.7 Å². The minimum Gasteiger partial charge on any atom is -0.379 e. The van der Waals surface area contributed by atoms with Crippen molar-refractivity contribution in [1.29, 1.82) is 0 Å². The molecule has 0 spiro atoms. The topological polar surface area (TPSA) is 87.9 Å². The molecule has 0 aromatic carbocycles. The summed E-state index contributed by atoms with van der Waals surface area (Å²) < 4.78 is 10.1. The van der Waals surface area contributed by atoms with Crippen molar-refractivity contribution < 1.29 is 18.8 Å². The second-order valence-electron chi connectivity index (χ2n) is 6.98. The third-order valence-corrected chi connectivity index (χ3v) is 5.06. The number of rotatable bonds is 8. The average Bonchev–Trinajstić information content (AvgIpc) is 3.35. The zero-order chi connectivity index (χ0) is 18.2. The number of morpholine rings is 1. The van der Waals surface area contributed by atoms with Gasteiger partial charge in [0.1, 0.15) is 6.26 Å². The van der Waals surface area contributed by atoms with E-state index < -0.39 is 0 Å². The van der Waals surface area contributed by atoms with Crippen molar-refractivity contribution in [2.75, 3.05) is 51.3 Å². The van der Waals surface area contributed by atoms with Crippen LogP contribution >= 0.6 is 0 Å². The molecular formula is C18H28N4O4. The van der Waals surface area contributed by atoms with Gasteiger partial charge < -0.3 is 19.5 Å². The van der Waals surface area contributed by atoms with Crippen LogP contribution in [-0.2, 0) is 14.3 Å². The molecule has 3 rings (SSSR count). The predicted octanol–water partition coefficient (Wildman–Crippen LogP) is 1.35. The van der Waals surface area contributed by atoms with Crippen molar-refractivity contribution in [2.24, 2.45) is 5.92 Å². The second kappa shape index (κ2) is 9.68. The zero-order valence-corrected chi connectivity index (χ0v) is 15.2. The van der Waals surface area contributed by atoms with Crippen LogP contribution in [0.1, 0.15) is 32.1 Å². The molecule has 0 bridgehead atoms. The van der Waals surface area contributed by atoms with Crippen molar-refractivity contribution in [2.45, 2.75) is 32.1 Å². The Kier molecular flexibility index (Phi) is 7.02. The second-order valence-corrected chi connectivity index (χ2v) is 6.98. The molecule has 8 nitrogen and oxygen atoms in total. The molecule has 26 heavy (non-hydrogen) atoms. The molecule has 1 saturated carbocycles. The van der Waals surface area contributed by atoms with E-state index in [1.807, 2.05) is 0 Å². The maximum Gasteiger partial charge on any atom is 0.245 e. The highest BCUT2D eigenvalue weighted by Gasteiger charge is 2.28.